The Morgan fingerprint density at radius 2 is 2.00 bits per heavy atom. The van der Waals surface area contributed by atoms with E-state index in [1.165, 1.54) is 0 Å². The van der Waals surface area contributed by atoms with Gasteiger partial charge in [-0.15, -0.1) is 0 Å². The number of pyridine rings is 1. The fourth-order valence-corrected chi connectivity index (χ4v) is 1.85. The minimum Gasteiger partial charge on any atom is -0.388 e. The highest BCUT2D eigenvalue weighted by Crippen LogP contribution is 2.10. The zero-order valence-corrected chi connectivity index (χ0v) is 12.4. The van der Waals surface area contributed by atoms with Gasteiger partial charge in [0.1, 0.15) is 10.8 Å². The maximum absolute atomic E-state index is 12.0. The summed E-state index contributed by atoms with van der Waals surface area (Å²) in [6, 6.07) is 5.42. The molecule has 2 N–H and O–H groups in total. The predicted molar refractivity (Wildman–Crippen MR) is 81.3 cm³/mol. The van der Waals surface area contributed by atoms with Crippen LogP contribution in [-0.2, 0) is 4.79 Å². The highest BCUT2D eigenvalue weighted by Gasteiger charge is 2.13. The Balaban J connectivity index is 2.78. The van der Waals surface area contributed by atoms with Gasteiger partial charge in [-0.2, -0.15) is 0 Å². The zero-order valence-electron chi connectivity index (χ0n) is 11.6. The van der Waals surface area contributed by atoms with Crippen LogP contribution in [0.1, 0.15) is 19.5 Å². The van der Waals surface area contributed by atoms with Crippen molar-refractivity contribution in [3.63, 3.8) is 0 Å². The summed E-state index contributed by atoms with van der Waals surface area (Å²) in [4.78, 5) is 20.2. The Hall–Kier alpha value is -1.69. The molecule has 1 aromatic rings. The van der Waals surface area contributed by atoms with E-state index in [0.717, 1.165) is 0 Å². The summed E-state index contributed by atoms with van der Waals surface area (Å²) in [6.45, 7) is 5.64. The average molecular weight is 280 g/mol. The number of rotatable bonds is 6. The Morgan fingerprint density at radius 3 is 2.53 bits per heavy atom. The van der Waals surface area contributed by atoms with Crippen molar-refractivity contribution in [1.29, 1.82) is 0 Å². The number of amides is 1. The molecule has 0 radical (unpaired) electrons. The first-order chi connectivity index (χ1) is 8.99. The Morgan fingerprint density at radius 1 is 1.37 bits per heavy atom. The summed E-state index contributed by atoms with van der Waals surface area (Å²) in [7, 11) is 1.83. The summed E-state index contributed by atoms with van der Waals surface area (Å²) >= 11 is 4.90. The molecule has 0 fully saturated rings. The van der Waals surface area contributed by atoms with Crippen molar-refractivity contribution in [2.45, 2.75) is 13.8 Å². The first-order valence-electron chi connectivity index (χ1n) is 6.25. The first kappa shape index (κ1) is 15.4. The molecule has 0 aliphatic carbocycles. The van der Waals surface area contributed by atoms with Gasteiger partial charge in [-0.1, -0.05) is 18.3 Å². The lowest BCUT2D eigenvalue weighted by Crippen LogP contribution is -2.39. The smallest absolute Gasteiger partial charge is 0.242 e. The monoisotopic (exact) mass is 280 g/mol. The molecule has 0 spiro atoms. The van der Waals surface area contributed by atoms with Crippen LogP contribution < -0.4 is 10.6 Å². The van der Waals surface area contributed by atoms with Crippen molar-refractivity contribution in [3.05, 3.63) is 23.9 Å². The van der Waals surface area contributed by atoms with E-state index in [2.05, 4.69) is 4.98 Å². The highest BCUT2D eigenvalue weighted by molar-refractivity contribution is 7.80. The molecule has 1 amide bonds. The van der Waals surface area contributed by atoms with Gasteiger partial charge < -0.3 is 15.5 Å². The van der Waals surface area contributed by atoms with Crippen LogP contribution in [0.3, 0.4) is 0 Å². The van der Waals surface area contributed by atoms with E-state index in [4.69, 9.17) is 18.0 Å². The number of anilines is 1. The maximum atomic E-state index is 12.0. The van der Waals surface area contributed by atoms with Gasteiger partial charge in [-0.25, -0.2) is 4.98 Å². The second-order valence-corrected chi connectivity index (χ2v) is 4.61. The molecule has 0 aromatic carbocycles. The number of thiocarbonyl (C=S) groups is 1. The molecule has 6 heteroatoms. The third kappa shape index (κ3) is 4.17. The molecule has 0 bridgehead atoms. The predicted octanol–water partition coefficient (Wildman–Crippen LogP) is 1.02. The molecule has 104 valence electrons. The number of hydrogen-bond acceptors (Lipinski definition) is 4. The van der Waals surface area contributed by atoms with E-state index in [0.29, 0.717) is 24.6 Å². The van der Waals surface area contributed by atoms with Gasteiger partial charge >= 0.3 is 0 Å². The Kier molecular flexibility index (Phi) is 5.69. The lowest BCUT2D eigenvalue weighted by atomic mass is 10.3. The minimum absolute atomic E-state index is 0.0787. The van der Waals surface area contributed by atoms with Gasteiger partial charge in [-0.05, 0) is 26.0 Å². The van der Waals surface area contributed by atoms with Gasteiger partial charge in [0.15, 0.2) is 0 Å². The van der Waals surface area contributed by atoms with Gasteiger partial charge in [0.05, 0.1) is 12.2 Å². The molecule has 1 heterocycles. The lowest BCUT2D eigenvalue weighted by Gasteiger charge is -2.23. The number of nitrogens with two attached hydrogens (primary N) is 1. The molecular formula is C13H20N4OS. The summed E-state index contributed by atoms with van der Waals surface area (Å²) in [5.74, 6) is 0.765. The quantitative estimate of drug-likeness (QED) is 0.788. The number of nitrogens with zero attached hydrogens (tertiary/aromatic N) is 3. The topological polar surface area (TPSA) is 62.5 Å². The third-order valence-corrected chi connectivity index (χ3v) is 3.08. The van der Waals surface area contributed by atoms with E-state index < -0.39 is 0 Å². The Labute approximate surface area is 119 Å². The highest BCUT2D eigenvalue weighted by atomic mass is 32.1. The van der Waals surface area contributed by atoms with Gasteiger partial charge in [0, 0.05) is 20.1 Å². The molecule has 1 rings (SSSR count). The Bertz CT molecular complexity index is 460. The second kappa shape index (κ2) is 7.04. The number of likely N-dealkylation sites (N-methyl/N-ethyl adjacent to an activating group) is 2. The van der Waals surface area contributed by atoms with Gasteiger partial charge in [0.2, 0.25) is 5.91 Å². The summed E-state index contributed by atoms with van der Waals surface area (Å²) < 4.78 is 0. The van der Waals surface area contributed by atoms with Crippen LogP contribution in [0.15, 0.2) is 18.2 Å². The van der Waals surface area contributed by atoms with Crippen molar-refractivity contribution in [3.8, 4) is 0 Å². The van der Waals surface area contributed by atoms with Crippen molar-refractivity contribution >= 4 is 28.9 Å². The van der Waals surface area contributed by atoms with Crippen LogP contribution in [-0.4, -0.2) is 47.5 Å². The molecule has 0 aliphatic heterocycles. The van der Waals surface area contributed by atoms with Crippen LogP contribution in [0.25, 0.3) is 0 Å². The minimum atomic E-state index is 0.0787. The normalized spacial score (nSPS) is 10.1. The largest absolute Gasteiger partial charge is 0.388 e. The number of carbonyl (C=O) groups excluding carboxylic acids is 1. The van der Waals surface area contributed by atoms with Crippen LogP contribution in [0.5, 0.6) is 0 Å². The van der Waals surface area contributed by atoms with Crippen LogP contribution >= 0.6 is 12.2 Å². The van der Waals surface area contributed by atoms with Crippen molar-refractivity contribution in [2.75, 3.05) is 31.6 Å². The zero-order chi connectivity index (χ0) is 14.4. The first-order valence-corrected chi connectivity index (χ1v) is 6.66. The lowest BCUT2D eigenvalue weighted by molar-refractivity contribution is -0.129. The molecule has 0 saturated heterocycles. The molecule has 19 heavy (non-hydrogen) atoms. The van der Waals surface area contributed by atoms with Crippen LogP contribution in [0, 0.1) is 0 Å². The molecule has 0 aliphatic rings. The van der Waals surface area contributed by atoms with E-state index in [-0.39, 0.29) is 17.4 Å². The van der Waals surface area contributed by atoms with Crippen LogP contribution in [0.2, 0.25) is 0 Å². The SMILES string of the molecule is CCN(CC)C(=O)CN(C)c1cccc(C(N)=S)n1. The van der Waals surface area contributed by atoms with Gasteiger partial charge in [-0.3, -0.25) is 4.79 Å². The van der Waals surface area contributed by atoms with Crippen molar-refractivity contribution in [1.82, 2.24) is 9.88 Å². The number of aromatic nitrogens is 1. The molecule has 5 nitrogen and oxygen atoms in total. The fourth-order valence-electron chi connectivity index (χ4n) is 1.73. The van der Waals surface area contributed by atoms with E-state index >= 15 is 0 Å². The fraction of sp³-hybridized carbons (Fsp3) is 0.462. The molecular weight excluding hydrogens is 260 g/mol. The summed E-state index contributed by atoms with van der Waals surface area (Å²) in [6.07, 6.45) is 0. The molecule has 0 unspecified atom stereocenters. The number of hydrogen-bond donors (Lipinski definition) is 1. The molecule has 0 saturated carbocycles. The maximum Gasteiger partial charge on any atom is 0.242 e. The summed E-state index contributed by atoms with van der Waals surface area (Å²) in [5, 5.41) is 0. The third-order valence-electron chi connectivity index (χ3n) is 2.87. The van der Waals surface area contributed by atoms with Gasteiger partial charge in [0.25, 0.3) is 0 Å². The summed E-state index contributed by atoms with van der Waals surface area (Å²) in [5.41, 5.74) is 6.12. The molecule has 0 atom stereocenters. The average Bonchev–Trinajstić information content (AvgIpc) is 2.40. The van der Waals surface area contributed by atoms with Crippen LogP contribution in [0.4, 0.5) is 5.82 Å². The van der Waals surface area contributed by atoms with E-state index in [9.17, 15) is 4.79 Å². The second-order valence-electron chi connectivity index (χ2n) is 4.17. The van der Waals surface area contributed by atoms with Crippen molar-refractivity contribution < 1.29 is 4.79 Å². The molecule has 1 aromatic heterocycles. The number of carbonyl (C=O) groups is 1. The van der Waals surface area contributed by atoms with E-state index in [1.807, 2.05) is 33.0 Å². The van der Waals surface area contributed by atoms with Crippen molar-refractivity contribution in [2.24, 2.45) is 5.73 Å². The van der Waals surface area contributed by atoms with E-state index in [1.54, 1.807) is 15.9 Å². The standard InChI is InChI=1S/C13H20N4OS/c1-4-17(5-2)12(18)9-16(3)11-8-6-7-10(15-11)13(14)19/h6-8H,4-5,9H2,1-3H3,(H2,14,19).